The quantitative estimate of drug-likeness (QED) is 0.779. The van der Waals surface area contributed by atoms with Gasteiger partial charge in [0.25, 0.3) is 5.56 Å². The second kappa shape index (κ2) is 7.99. The Kier molecular flexibility index (Phi) is 5.41. The first-order valence-electron chi connectivity index (χ1n) is 9.85. The van der Waals surface area contributed by atoms with Gasteiger partial charge in [-0.3, -0.25) is 19.7 Å². The van der Waals surface area contributed by atoms with Crippen LogP contribution in [0.2, 0.25) is 5.02 Å². The molecule has 8 heteroatoms. The number of halogens is 1. The molecule has 1 atom stereocenters. The molecule has 2 fully saturated rings. The van der Waals surface area contributed by atoms with Gasteiger partial charge in [-0.1, -0.05) is 29.8 Å². The normalized spacial score (nSPS) is 20.6. The molecular weight excluding hydrogens is 392 g/mol. The molecule has 2 amide bonds. The van der Waals surface area contributed by atoms with Crippen LogP contribution in [0.5, 0.6) is 0 Å². The van der Waals surface area contributed by atoms with Crippen molar-refractivity contribution in [1.82, 2.24) is 15.1 Å². The van der Waals surface area contributed by atoms with E-state index in [2.05, 4.69) is 15.3 Å². The van der Waals surface area contributed by atoms with Crippen molar-refractivity contribution in [3.8, 4) is 0 Å². The Balaban J connectivity index is 1.52. The van der Waals surface area contributed by atoms with Crippen LogP contribution in [0.15, 0.2) is 35.3 Å². The Labute approximate surface area is 173 Å². The standard InChI is InChI=1S/C21H23ClN4O3/c1-25-21(29)17(7-10-23-25)26-11-8-13(9-12-26)14-3-2-4-15(19(14)22)16-5-6-18(27)24-20(16)28/h2-4,7,10,13,16H,5-6,8-9,11-12H2,1H3,(H,24,27,28). The first-order chi connectivity index (χ1) is 14.0. The van der Waals surface area contributed by atoms with Gasteiger partial charge in [-0.15, -0.1) is 0 Å². The molecular formula is C21H23ClN4O3. The number of aryl methyl sites for hydroxylation is 1. The maximum Gasteiger partial charge on any atom is 0.290 e. The summed E-state index contributed by atoms with van der Waals surface area (Å²) in [6.45, 7) is 1.51. The minimum Gasteiger partial charge on any atom is -0.367 e. The lowest BCUT2D eigenvalue weighted by Crippen LogP contribution is -2.39. The Morgan fingerprint density at radius 1 is 1.07 bits per heavy atom. The van der Waals surface area contributed by atoms with E-state index in [0.717, 1.165) is 37.1 Å². The summed E-state index contributed by atoms with van der Waals surface area (Å²) in [6.07, 6.45) is 4.19. The van der Waals surface area contributed by atoms with Crippen LogP contribution in [0.4, 0.5) is 5.69 Å². The Bertz CT molecular complexity index is 1010. The van der Waals surface area contributed by atoms with Crippen LogP contribution in [-0.4, -0.2) is 34.7 Å². The molecule has 2 aliphatic heterocycles. The summed E-state index contributed by atoms with van der Waals surface area (Å²) in [5, 5.41) is 7.01. The van der Waals surface area contributed by atoms with E-state index in [1.807, 2.05) is 18.2 Å². The van der Waals surface area contributed by atoms with E-state index in [4.69, 9.17) is 11.6 Å². The van der Waals surface area contributed by atoms with Gasteiger partial charge in [-0.2, -0.15) is 5.10 Å². The molecule has 2 aliphatic rings. The van der Waals surface area contributed by atoms with Gasteiger partial charge in [0, 0.05) is 37.8 Å². The lowest BCUT2D eigenvalue weighted by atomic mass is 9.84. The van der Waals surface area contributed by atoms with Crippen molar-refractivity contribution >= 4 is 29.1 Å². The maximum atomic E-state index is 12.3. The van der Waals surface area contributed by atoms with Gasteiger partial charge in [0.15, 0.2) is 0 Å². The number of benzene rings is 1. The SMILES string of the molecule is Cn1nccc(N2CCC(c3cccc(C4CCC(=O)NC4=O)c3Cl)CC2)c1=O. The highest BCUT2D eigenvalue weighted by Crippen LogP contribution is 2.39. The molecule has 0 spiro atoms. The van der Waals surface area contributed by atoms with Gasteiger partial charge in [-0.05, 0) is 42.4 Å². The smallest absolute Gasteiger partial charge is 0.290 e. The number of hydrogen-bond acceptors (Lipinski definition) is 5. The number of imide groups is 1. The molecule has 0 saturated carbocycles. The summed E-state index contributed by atoms with van der Waals surface area (Å²) < 4.78 is 1.35. The number of aromatic nitrogens is 2. The van der Waals surface area contributed by atoms with Crippen LogP contribution < -0.4 is 15.8 Å². The fraction of sp³-hybridized carbons (Fsp3) is 0.429. The zero-order chi connectivity index (χ0) is 20.5. The largest absolute Gasteiger partial charge is 0.367 e. The molecule has 1 N–H and O–H groups in total. The minimum atomic E-state index is -0.389. The molecule has 7 nitrogen and oxygen atoms in total. The highest BCUT2D eigenvalue weighted by molar-refractivity contribution is 6.32. The average Bonchev–Trinajstić information content (AvgIpc) is 2.71. The zero-order valence-electron chi connectivity index (χ0n) is 16.2. The molecule has 152 valence electrons. The molecule has 29 heavy (non-hydrogen) atoms. The van der Waals surface area contributed by atoms with Crippen molar-refractivity contribution in [2.24, 2.45) is 7.05 Å². The van der Waals surface area contributed by atoms with E-state index >= 15 is 0 Å². The van der Waals surface area contributed by atoms with Crippen LogP contribution in [0.3, 0.4) is 0 Å². The lowest BCUT2D eigenvalue weighted by molar-refractivity contribution is -0.134. The van der Waals surface area contributed by atoms with Crippen LogP contribution in [-0.2, 0) is 16.6 Å². The van der Waals surface area contributed by atoms with Crippen LogP contribution in [0, 0.1) is 0 Å². The van der Waals surface area contributed by atoms with Crippen LogP contribution in [0.25, 0.3) is 0 Å². The van der Waals surface area contributed by atoms with Crippen molar-refractivity contribution in [1.29, 1.82) is 0 Å². The zero-order valence-corrected chi connectivity index (χ0v) is 17.0. The molecule has 2 saturated heterocycles. The van der Waals surface area contributed by atoms with Gasteiger partial charge >= 0.3 is 0 Å². The first-order valence-corrected chi connectivity index (χ1v) is 10.2. The third-order valence-corrected chi connectivity index (χ3v) is 6.37. The van der Waals surface area contributed by atoms with E-state index < -0.39 is 0 Å². The lowest BCUT2D eigenvalue weighted by Gasteiger charge is -2.34. The van der Waals surface area contributed by atoms with Crippen molar-refractivity contribution in [2.45, 2.75) is 37.5 Å². The minimum absolute atomic E-state index is 0.0937. The maximum absolute atomic E-state index is 12.3. The van der Waals surface area contributed by atoms with Crippen molar-refractivity contribution in [3.05, 3.63) is 57.0 Å². The summed E-state index contributed by atoms with van der Waals surface area (Å²) in [4.78, 5) is 38.1. The number of anilines is 1. The highest BCUT2D eigenvalue weighted by atomic mass is 35.5. The summed E-state index contributed by atoms with van der Waals surface area (Å²) in [7, 11) is 1.65. The monoisotopic (exact) mass is 414 g/mol. The molecule has 1 unspecified atom stereocenters. The van der Waals surface area contributed by atoms with E-state index in [9.17, 15) is 14.4 Å². The number of nitrogens with zero attached hydrogens (tertiary/aromatic N) is 3. The number of hydrogen-bond donors (Lipinski definition) is 1. The Morgan fingerprint density at radius 3 is 2.52 bits per heavy atom. The predicted octanol–water partition coefficient (Wildman–Crippen LogP) is 2.34. The number of amides is 2. The molecule has 4 rings (SSSR count). The van der Waals surface area contributed by atoms with Gasteiger partial charge in [-0.25, -0.2) is 4.68 Å². The van der Waals surface area contributed by atoms with Crippen LogP contribution >= 0.6 is 11.6 Å². The summed E-state index contributed by atoms with van der Waals surface area (Å²) in [6, 6.07) is 7.59. The van der Waals surface area contributed by atoms with Crippen LogP contribution in [0.1, 0.15) is 48.6 Å². The fourth-order valence-electron chi connectivity index (χ4n) is 4.31. The summed E-state index contributed by atoms with van der Waals surface area (Å²) >= 11 is 6.74. The molecule has 1 aromatic carbocycles. The molecule has 2 aromatic rings. The number of rotatable bonds is 3. The highest BCUT2D eigenvalue weighted by Gasteiger charge is 2.31. The van der Waals surface area contributed by atoms with E-state index in [-0.39, 0.29) is 29.2 Å². The fourth-order valence-corrected chi connectivity index (χ4v) is 4.72. The third kappa shape index (κ3) is 3.79. The molecule has 0 bridgehead atoms. The van der Waals surface area contributed by atoms with E-state index in [1.165, 1.54) is 4.68 Å². The first kappa shape index (κ1) is 19.6. The van der Waals surface area contributed by atoms with Crippen molar-refractivity contribution in [2.75, 3.05) is 18.0 Å². The number of carbonyl (C=O) groups is 2. The molecule has 1 aromatic heterocycles. The second-order valence-corrected chi connectivity index (χ2v) is 8.04. The summed E-state index contributed by atoms with van der Waals surface area (Å²) in [5.41, 5.74) is 2.41. The second-order valence-electron chi connectivity index (χ2n) is 7.66. The van der Waals surface area contributed by atoms with Gasteiger partial charge < -0.3 is 4.90 Å². The van der Waals surface area contributed by atoms with E-state index in [1.54, 1.807) is 19.3 Å². The molecule has 3 heterocycles. The van der Waals surface area contributed by atoms with Gasteiger partial charge in [0.2, 0.25) is 11.8 Å². The third-order valence-electron chi connectivity index (χ3n) is 5.93. The van der Waals surface area contributed by atoms with Crippen molar-refractivity contribution < 1.29 is 9.59 Å². The predicted molar refractivity (Wildman–Crippen MR) is 110 cm³/mol. The Hall–Kier alpha value is -2.67. The average molecular weight is 415 g/mol. The van der Waals surface area contributed by atoms with Gasteiger partial charge in [0.1, 0.15) is 5.69 Å². The van der Waals surface area contributed by atoms with E-state index in [0.29, 0.717) is 23.6 Å². The number of piperidine rings is 2. The number of carbonyl (C=O) groups excluding carboxylic acids is 2. The molecule has 0 radical (unpaired) electrons. The Morgan fingerprint density at radius 2 is 1.79 bits per heavy atom. The van der Waals surface area contributed by atoms with Gasteiger partial charge in [0.05, 0.1) is 5.92 Å². The molecule has 0 aliphatic carbocycles. The van der Waals surface area contributed by atoms with Crippen molar-refractivity contribution in [3.63, 3.8) is 0 Å². The number of nitrogens with one attached hydrogen (secondary N) is 1. The topological polar surface area (TPSA) is 84.3 Å². The summed E-state index contributed by atoms with van der Waals surface area (Å²) in [5.74, 6) is -0.630.